The van der Waals surface area contributed by atoms with Crippen LogP contribution in [0.25, 0.3) is 11.3 Å². The molecule has 1 N–H and O–H groups in total. The third-order valence-corrected chi connectivity index (χ3v) is 11.0. The van der Waals surface area contributed by atoms with Crippen molar-refractivity contribution in [1.29, 1.82) is 5.26 Å². The van der Waals surface area contributed by atoms with E-state index in [0.29, 0.717) is 55.0 Å². The van der Waals surface area contributed by atoms with E-state index < -0.39 is 11.9 Å². The summed E-state index contributed by atoms with van der Waals surface area (Å²) in [6, 6.07) is 20.3. The first-order chi connectivity index (χ1) is 26.6. The molecule has 3 aliphatic rings. The maximum atomic E-state index is 13.1. The Bertz CT molecular complexity index is 2380. The number of aromatic nitrogens is 2. The van der Waals surface area contributed by atoms with Crippen LogP contribution < -0.4 is 5.32 Å². The molecule has 0 bridgehead atoms. The lowest BCUT2D eigenvalue weighted by Crippen LogP contribution is -2.52. The molecule has 2 fully saturated rings. The van der Waals surface area contributed by atoms with E-state index in [1.54, 1.807) is 23.1 Å². The van der Waals surface area contributed by atoms with Gasteiger partial charge in [-0.1, -0.05) is 59.5 Å². The second-order valence-corrected chi connectivity index (χ2v) is 14.6. The molecule has 4 heterocycles. The van der Waals surface area contributed by atoms with Gasteiger partial charge in [0, 0.05) is 72.8 Å². The zero-order valence-electron chi connectivity index (χ0n) is 30.7. The van der Waals surface area contributed by atoms with Gasteiger partial charge in [0.1, 0.15) is 12.1 Å². The van der Waals surface area contributed by atoms with Crippen molar-refractivity contribution in [2.75, 3.05) is 13.1 Å². The predicted octanol–water partition coefficient (Wildman–Crippen LogP) is 5.92. The molecule has 0 spiro atoms. The van der Waals surface area contributed by atoms with E-state index in [0.717, 1.165) is 57.6 Å². The van der Waals surface area contributed by atoms with Gasteiger partial charge in [-0.05, 0) is 86.2 Å². The maximum Gasteiger partial charge on any atom is 0.255 e. The topological polar surface area (TPSA) is 128 Å². The van der Waals surface area contributed by atoms with E-state index in [-0.39, 0.29) is 36.6 Å². The maximum absolute atomic E-state index is 13.1. The molecule has 276 valence electrons. The highest BCUT2D eigenvalue weighted by molar-refractivity contribution is 6.32. The molecule has 1 unspecified atom stereocenters. The monoisotopic (exact) mass is 750 g/mol. The Labute approximate surface area is 325 Å². The molecule has 3 aromatic carbocycles. The quantitative estimate of drug-likeness (QED) is 0.193. The van der Waals surface area contributed by atoms with Crippen LogP contribution in [0.1, 0.15) is 88.0 Å². The number of nitrogens with zero attached hydrogens (tertiary/aromatic N) is 5. The van der Waals surface area contributed by atoms with Gasteiger partial charge in [-0.25, -0.2) is 0 Å². The fourth-order valence-corrected chi connectivity index (χ4v) is 7.55. The molecular formula is C44H39ClN6O4. The molecule has 55 heavy (non-hydrogen) atoms. The van der Waals surface area contributed by atoms with Gasteiger partial charge in [0.25, 0.3) is 5.91 Å². The van der Waals surface area contributed by atoms with E-state index in [1.807, 2.05) is 65.9 Å². The van der Waals surface area contributed by atoms with Crippen molar-refractivity contribution in [3.63, 3.8) is 0 Å². The molecule has 0 aliphatic carbocycles. The van der Waals surface area contributed by atoms with Gasteiger partial charge in [-0.15, -0.1) is 0 Å². The van der Waals surface area contributed by atoms with Crippen LogP contribution in [0.5, 0.6) is 0 Å². The van der Waals surface area contributed by atoms with Gasteiger partial charge < -0.3 is 9.80 Å². The average molecular weight is 751 g/mol. The van der Waals surface area contributed by atoms with Gasteiger partial charge in [-0.3, -0.25) is 29.2 Å². The number of likely N-dealkylation sites (tertiary alicyclic amines) is 1. The normalized spacial score (nSPS) is 16.8. The highest BCUT2D eigenvalue weighted by atomic mass is 35.5. The van der Waals surface area contributed by atoms with Crippen molar-refractivity contribution >= 4 is 35.2 Å². The molecule has 4 aromatic rings. The highest BCUT2D eigenvalue weighted by Gasteiger charge is 2.39. The van der Waals surface area contributed by atoms with Crippen molar-refractivity contribution in [1.82, 2.24) is 24.9 Å². The number of piperidine rings is 2. The Morgan fingerprint density at radius 2 is 1.76 bits per heavy atom. The summed E-state index contributed by atoms with van der Waals surface area (Å²) in [6.45, 7) is 6.24. The van der Waals surface area contributed by atoms with Crippen LogP contribution in [0.3, 0.4) is 0 Å². The number of benzene rings is 3. The van der Waals surface area contributed by atoms with E-state index in [4.69, 9.17) is 16.7 Å². The lowest BCUT2D eigenvalue weighted by molar-refractivity contribution is -0.137. The number of hydrogen-bond donors (Lipinski definition) is 1. The fourth-order valence-electron chi connectivity index (χ4n) is 7.33. The molecule has 1 aromatic heterocycles. The number of rotatable bonds is 6. The molecule has 3 aliphatic heterocycles. The standard InChI is InChI=1S/C44H39ClN6O4/c1-28-29(2)51(48-42(28)34-16-17-35(25-46)38(45)24-34)26-32-12-10-30(11-13-32)6-3-4-9-41(53)49-22-20-31(21-23-49)14-15-33-7-5-8-36-37(33)27-50(44(36)55)39-18-19-40(52)47-43(39)54/h5,7-8,10-13,16-17,24,31,39H,4,9,18-23,26-27H2,1-2H3,(H,47,52,54). The minimum Gasteiger partial charge on any atom is -0.343 e. The van der Waals surface area contributed by atoms with Crippen LogP contribution in [-0.2, 0) is 27.5 Å². The van der Waals surface area contributed by atoms with Crippen molar-refractivity contribution in [3.8, 4) is 41.0 Å². The number of carbonyl (C=O) groups is 4. The number of fused-ring (bicyclic) bond motifs is 1. The largest absolute Gasteiger partial charge is 0.343 e. The summed E-state index contributed by atoms with van der Waals surface area (Å²) in [5.74, 6) is 12.3. The summed E-state index contributed by atoms with van der Waals surface area (Å²) in [5.41, 5.74) is 8.37. The zero-order chi connectivity index (χ0) is 38.6. The predicted molar refractivity (Wildman–Crippen MR) is 207 cm³/mol. The smallest absolute Gasteiger partial charge is 0.255 e. The fraction of sp³-hybridized carbons (Fsp3) is 0.318. The third kappa shape index (κ3) is 8.04. The Kier molecular flexibility index (Phi) is 10.9. The number of carbonyl (C=O) groups excluding carboxylic acids is 4. The van der Waals surface area contributed by atoms with Crippen molar-refractivity contribution < 1.29 is 19.2 Å². The van der Waals surface area contributed by atoms with E-state index >= 15 is 0 Å². The molecule has 11 heteroatoms. The van der Waals surface area contributed by atoms with Crippen LogP contribution in [0.2, 0.25) is 5.02 Å². The lowest BCUT2D eigenvalue weighted by Gasteiger charge is -2.29. The summed E-state index contributed by atoms with van der Waals surface area (Å²) in [4.78, 5) is 53.6. The zero-order valence-corrected chi connectivity index (χ0v) is 31.5. The van der Waals surface area contributed by atoms with Crippen LogP contribution in [0.4, 0.5) is 0 Å². The Morgan fingerprint density at radius 3 is 2.49 bits per heavy atom. The average Bonchev–Trinajstić information content (AvgIpc) is 3.67. The molecule has 0 radical (unpaired) electrons. The number of hydrogen-bond acceptors (Lipinski definition) is 6. The number of nitrogens with one attached hydrogen (secondary N) is 1. The summed E-state index contributed by atoms with van der Waals surface area (Å²) >= 11 is 6.28. The first kappa shape index (κ1) is 37.2. The summed E-state index contributed by atoms with van der Waals surface area (Å²) in [5, 5.41) is 16.8. The van der Waals surface area contributed by atoms with Crippen LogP contribution >= 0.6 is 11.6 Å². The van der Waals surface area contributed by atoms with Crippen molar-refractivity contribution in [2.45, 2.75) is 71.5 Å². The van der Waals surface area contributed by atoms with Gasteiger partial charge >= 0.3 is 0 Å². The number of nitriles is 1. The van der Waals surface area contributed by atoms with Gasteiger partial charge in [0.05, 0.1) is 22.8 Å². The molecular weight excluding hydrogens is 712 g/mol. The van der Waals surface area contributed by atoms with Crippen LogP contribution in [0, 0.1) is 54.8 Å². The van der Waals surface area contributed by atoms with Crippen molar-refractivity contribution in [2.24, 2.45) is 5.92 Å². The number of halogens is 1. The van der Waals surface area contributed by atoms with Gasteiger partial charge in [-0.2, -0.15) is 10.4 Å². The second-order valence-electron chi connectivity index (χ2n) is 14.2. The second kappa shape index (κ2) is 16.1. The third-order valence-electron chi connectivity index (χ3n) is 10.7. The van der Waals surface area contributed by atoms with Crippen LogP contribution in [-0.4, -0.2) is 62.3 Å². The Hall–Kier alpha value is -6.15. The molecule has 0 saturated carbocycles. The summed E-state index contributed by atoms with van der Waals surface area (Å²) in [7, 11) is 0. The number of imide groups is 1. The first-order valence-electron chi connectivity index (χ1n) is 18.5. The van der Waals surface area contributed by atoms with E-state index in [1.165, 1.54) is 0 Å². The molecule has 4 amide bonds. The summed E-state index contributed by atoms with van der Waals surface area (Å²) < 4.78 is 1.97. The molecule has 2 saturated heterocycles. The van der Waals surface area contributed by atoms with Gasteiger partial charge in [0.15, 0.2) is 0 Å². The molecule has 1 atom stereocenters. The molecule has 7 rings (SSSR count). The Balaban J connectivity index is 0.876. The number of amides is 4. The van der Waals surface area contributed by atoms with Crippen molar-refractivity contribution in [3.05, 3.63) is 110 Å². The first-order valence-corrected chi connectivity index (χ1v) is 18.8. The minimum absolute atomic E-state index is 0.0940. The minimum atomic E-state index is -0.662. The summed E-state index contributed by atoms with van der Waals surface area (Å²) in [6.07, 6.45) is 2.91. The van der Waals surface area contributed by atoms with Crippen LogP contribution in [0.15, 0.2) is 60.7 Å². The SMILES string of the molecule is Cc1c(-c2ccc(C#N)c(Cl)c2)nn(Cc2ccc(C#CCCC(=O)N3CCC(C#Cc4cccc5c4CN(C4CCC(=O)NC4=O)C5=O)CC3)cc2)c1C. The molecule has 10 nitrogen and oxygen atoms in total. The lowest BCUT2D eigenvalue weighted by atomic mass is 9.96. The van der Waals surface area contributed by atoms with Gasteiger partial charge in [0.2, 0.25) is 17.7 Å². The Morgan fingerprint density at radius 1 is 0.982 bits per heavy atom. The van der Waals surface area contributed by atoms with E-state index in [9.17, 15) is 24.4 Å². The van der Waals surface area contributed by atoms with E-state index in [2.05, 4.69) is 35.1 Å². The highest BCUT2D eigenvalue weighted by Crippen LogP contribution is 2.31.